The molecule has 0 atom stereocenters. The molecule has 1 heterocycles. The van der Waals surface area contributed by atoms with Gasteiger partial charge in [-0.3, -0.25) is 4.99 Å². The number of nitrogens with one attached hydrogen (secondary N) is 2. The molecule has 0 unspecified atom stereocenters. The van der Waals surface area contributed by atoms with Crippen LogP contribution in [-0.2, 0) is 12.7 Å². The number of nitrogens with zero attached hydrogens (tertiary/aromatic N) is 1. The maximum atomic E-state index is 12.7. The first-order valence-electron chi connectivity index (χ1n) is 5.24. The van der Waals surface area contributed by atoms with E-state index in [2.05, 4.69) is 15.6 Å². The minimum atomic E-state index is -4.32. The van der Waals surface area contributed by atoms with Gasteiger partial charge in [-0.1, -0.05) is 18.2 Å². The molecule has 2 rings (SSSR count). The summed E-state index contributed by atoms with van der Waals surface area (Å²) in [6, 6.07) is 5.53. The second-order valence-corrected chi connectivity index (χ2v) is 3.67. The average Bonchev–Trinajstić information content (AvgIpc) is 2.78. The molecule has 0 saturated heterocycles. The van der Waals surface area contributed by atoms with Crippen LogP contribution in [0.1, 0.15) is 11.1 Å². The smallest absolute Gasteiger partial charge is 0.355 e. The lowest BCUT2D eigenvalue weighted by molar-refractivity contribution is -0.138. The minimum absolute atomic E-state index is 0.113. The second kappa shape index (κ2) is 4.65. The van der Waals surface area contributed by atoms with Gasteiger partial charge in [-0.05, 0) is 11.6 Å². The van der Waals surface area contributed by atoms with Gasteiger partial charge in [-0.25, -0.2) is 0 Å². The Morgan fingerprint density at radius 3 is 2.71 bits per heavy atom. The third-order valence-electron chi connectivity index (χ3n) is 2.44. The van der Waals surface area contributed by atoms with E-state index in [1.165, 1.54) is 12.1 Å². The fraction of sp³-hybridized carbons (Fsp3) is 0.364. The van der Waals surface area contributed by atoms with Crippen LogP contribution in [0.15, 0.2) is 29.3 Å². The van der Waals surface area contributed by atoms with Crippen molar-refractivity contribution in [1.29, 1.82) is 0 Å². The normalized spacial score (nSPS) is 15.4. The summed E-state index contributed by atoms with van der Waals surface area (Å²) in [5.74, 6) is 0.557. The molecule has 1 aliphatic heterocycles. The molecule has 17 heavy (non-hydrogen) atoms. The van der Waals surface area contributed by atoms with Crippen LogP contribution < -0.4 is 10.6 Å². The Morgan fingerprint density at radius 2 is 2.06 bits per heavy atom. The van der Waals surface area contributed by atoms with Gasteiger partial charge in [-0.2, -0.15) is 13.2 Å². The zero-order valence-corrected chi connectivity index (χ0v) is 9.01. The molecule has 92 valence electrons. The van der Waals surface area contributed by atoms with Crippen molar-refractivity contribution in [2.24, 2.45) is 4.99 Å². The molecule has 6 heteroatoms. The van der Waals surface area contributed by atoms with Crippen molar-refractivity contribution in [3.05, 3.63) is 35.4 Å². The fourth-order valence-electron chi connectivity index (χ4n) is 1.65. The predicted octanol–water partition coefficient (Wildman–Crippen LogP) is 1.75. The molecule has 0 fully saturated rings. The summed E-state index contributed by atoms with van der Waals surface area (Å²) in [7, 11) is 0. The van der Waals surface area contributed by atoms with Crippen molar-refractivity contribution in [3.63, 3.8) is 0 Å². The van der Waals surface area contributed by atoms with Gasteiger partial charge in [-0.15, -0.1) is 0 Å². The molecule has 0 spiro atoms. The van der Waals surface area contributed by atoms with Gasteiger partial charge < -0.3 is 10.6 Å². The number of aliphatic imine (C=N–C) groups is 1. The van der Waals surface area contributed by atoms with Crippen LogP contribution in [-0.4, -0.2) is 19.0 Å². The van der Waals surface area contributed by atoms with E-state index in [1.54, 1.807) is 6.07 Å². The first kappa shape index (κ1) is 11.8. The number of alkyl halides is 3. The molecule has 0 radical (unpaired) electrons. The van der Waals surface area contributed by atoms with E-state index in [0.717, 1.165) is 12.6 Å². The fourth-order valence-corrected chi connectivity index (χ4v) is 1.65. The lowest BCUT2D eigenvalue weighted by atomic mass is 10.1. The largest absolute Gasteiger partial charge is 0.416 e. The van der Waals surface area contributed by atoms with Crippen LogP contribution >= 0.6 is 0 Å². The molecule has 3 nitrogen and oxygen atoms in total. The van der Waals surface area contributed by atoms with E-state index >= 15 is 0 Å². The lowest BCUT2D eigenvalue weighted by Crippen LogP contribution is -2.33. The molecule has 0 bridgehead atoms. The molecule has 1 aromatic rings. The minimum Gasteiger partial charge on any atom is -0.355 e. The number of halogens is 3. The van der Waals surface area contributed by atoms with Crippen LogP contribution in [0, 0.1) is 0 Å². The maximum absolute atomic E-state index is 12.7. The first-order chi connectivity index (χ1) is 8.07. The molecule has 1 aliphatic rings. The van der Waals surface area contributed by atoms with Gasteiger partial charge in [0.15, 0.2) is 5.96 Å². The summed E-state index contributed by atoms with van der Waals surface area (Å²) in [5.41, 5.74) is -0.387. The summed E-state index contributed by atoms with van der Waals surface area (Å²) in [4.78, 5) is 4.06. The molecule has 1 aromatic carbocycles. The van der Waals surface area contributed by atoms with Crippen LogP contribution in [0.2, 0.25) is 0 Å². The number of hydrogen-bond acceptors (Lipinski definition) is 3. The molecule has 0 aliphatic carbocycles. The molecule has 0 aromatic heterocycles. The monoisotopic (exact) mass is 243 g/mol. The number of guanidine groups is 1. The van der Waals surface area contributed by atoms with Crippen molar-refractivity contribution < 1.29 is 13.2 Å². The number of benzene rings is 1. The van der Waals surface area contributed by atoms with Crippen LogP contribution in [0.5, 0.6) is 0 Å². The summed E-state index contributed by atoms with van der Waals surface area (Å²) in [6.45, 7) is 1.49. The second-order valence-electron chi connectivity index (χ2n) is 3.67. The highest BCUT2D eigenvalue weighted by Crippen LogP contribution is 2.31. The lowest BCUT2D eigenvalue weighted by Gasteiger charge is -2.13. The Hall–Kier alpha value is -1.72. The van der Waals surface area contributed by atoms with E-state index < -0.39 is 11.7 Å². The zero-order valence-electron chi connectivity index (χ0n) is 9.01. The van der Waals surface area contributed by atoms with Crippen molar-refractivity contribution in [1.82, 2.24) is 10.6 Å². The molecular formula is C11H12F3N3. The Balaban J connectivity index is 2.09. The highest BCUT2D eigenvalue weighted by Gasteiger charge is 2.32. The van der Waals surface area contributed by atoms with Gasteiger partial charge in [0, 0.05) is 13.1 Å². The van der Waals surface area contributed by atoms with Gasteiger partial charge >= 0.3 is 6.18 Å². The van der Waals surface area contributed by atoms with Gasteiger partial charge in [0.1, 0.15) is 0 Å². The third kappa shape index (κ3) is 2.89. The Bertz CT molecular complexity index is 426. The summed E-state index contributed by atoms with van der Waals surface area (Å²) in [6.07, 6.45) is -4.32. The van der Waals surface area contributed by atoms with E-state index in [-0.39, 0.29) is 12.1 Å². The summed E-state index contributed by atoms with van der Waals surface area (Å²) in [5, 5.41) is 5.79. The van der Waals surface area contributed by atoms with Crippen LogP contribution in [0.3, 0.4) is 0 Å². The Morgan fingerprint density at radius 1 is 1.29 bits per heavy atom. The molecular weight excluding hydrogens is 231 g/mol. The molecule has 0 saturated carbocycles. The van der Waals surface area contributed by atoms with E-state index in [9.17, 15) is 13.2 Å². The maximum Gasteiger partial charge on any atom is 0.416 e. The van der Waals surface area contributed by atoms with Gasteiger partial charge in [0.05, 0.1) is 12.1 Å². The quantitative estimate of drug-likeness (QED) is 0.830. The van der Waals surface area contributed by atoms with Crippen LogP contribution in [0.25, 0.3) is 0 Å². The summed E-state index contributed by atoms with van der Waals surface area (Å²) >= 11 is 0. The third-order valence-corrected chi connectivity index (χ3v) is 2.44. The van der Waals surface area contributed by atoms with Crippen molar-refractivity contribution in [2.45, 2.75) is 12.7 Å². The van der Waals surface area contributed by atoms with Crippen molar-refractivity contribution in [3.8, 4) is 0 Å². The predicted molar refractivity (Wildman–Crippen MR) is 58.6 cm³/mol. The highest BCUT2D eigenvalue weighted by molar-refractivity contribution is 5.81. The van der Waals surface area contributed by atoms with Crippen LogP contribution in [0.4, 0.5) is 13.2 Å². The number of rotatable bonds is 2. The average molecular weight is 243 g/mol. The van der Waals surface area contributed by atoms with Crippen molar-refractivity contribution >= 4 is 5.96 Å². The van der Waals surface area contributed by atoms with Crippen molar-refractivity contribution in [2.75, 3.05) is 13.1 Å². The molecule has 0 amide bonds. The SMILES string of the molecule is FC(F)(F)c1ccccc1CNC1=NCCN1. The van der Waals surface area contributed by atoms with Gasteiger partial charge in [0.2, 0.25) is 0 Å². The highest BCUT2D eigenvalue weighted by atomic mass is 19.4. The van der Waals surface area contributed by atoms with E-state index in [4.69, 9.17) is 0 Å². The first-order valence-corrected chi connectivity index (χ1v) is 5.24. The van der Waals surface area contributed by atoms with Gasteiger partial charge in [0.25, 0.3) is 0 Å². The van der Waals surface area contributed by atoms with E-state index in [0.29, 0.717) is 12.5 Å². The zero-order chi connectivity index (χ0) is 12.3. The topological polar surface area (TPSA) is 36.4 Å². The number of hydrogen-bond donors (Lipinski definition) is 2. The Kier molecular flexibility index (Phi) is 3.21. The standard InChI is InChI=1S/C11H12F3N3/c12-11(13,14)9-4-2-1-3-8(9)7-17-10-15-5-6-16-10/h1-4H,5-7H2,(H2,15,16,17). The van der Waals surface area contributed by atoms with E-state index in [1.807, 2.05) is 0 Å². The summed E-state index contributed by atoms with van der Waals surface area (Å²) < 4.78 is 38.0. The Labute approximate surface area is 96.7 Å². The molecule has 2 N–H and O–H groups in total.